The third kappa shape index (κ3) is 4.45. The molecule has 0 aliphatic heterocycles. The molecule has 0 amide bonds. The Morgan fingerprint density at radius 1 is 1.24 bits per heavy atom. The van der Waals surface area contributed by atoms with E-state index in [-0.39, 0.29) is 0 Å². The molecule has 5 heteroatoms. The topological polar surface area (TPSA) is 66.4 Å². The fraction of sp³-hybridized carbons (Fsp3) is 0.625. The van der Waals surface area contributed by atoms with E-state index in [0.717, 1.165) is 37.3 Å². The Hall–Kier alpha value is -1.07. The van der Waals surface area contributed by atoms with E-state index in [9.17, 15) is 13.5 Å². The minimum absolute atomic E-state index is 0.315. The van der Waals surface area contributed by atoms with Gasteiger partial charge in [-0.25, -0.2) is 8.42 Å². The van der Waals surface area contributed by atoms with Gasteiger partial charge in [-0.3, -0.25) is 0 Å². The van der Waals surface area contributed by atoms with Gasteiger partial charge in [0.25, 0.3) is 0 Å². The first-order chi connectivity index (χ1) is 9.82. The maximum atomic E-state index is 11.4. The number of nitrogens with one attached hydrogen (secondary N) is 1. The third-order valence-corrected chi connectivity index (χ3v) is 5.65. The van der Waals surface area contributed by atoms with Crippen molar-refractivity contribution in [2.75, 3.05) is 18.1 Å². The molecule has 4 nitrogen and oxygen atoms in total. The summed E-state index contributed by atoms with van der Waals surface area (Å²) >= 11 is 0. The highest BCUT2D eigenvalue weighted by atomic mass is 32.2. The van der Waals surface area contributed by atoms with Gasteiger partial charge in [0.15, 0.2) is 9.84 Å². The van der Waals surface area contributed by atoms with E-state index in [1.165, 1.54) is 12.7 Å². The zero-order valence-corrected chi connectivity index (χ0v) is 13.6. The number of aliphatic hydroxyl groups is 1. The average Bonchev–Trinajstić information content (AvgIpc) is 2.46. The standard InChI is InChI=1S/C16H25NO3S/c1-3-13-8-10-16(18,11-9-13)12-17-14-4-6-15(7-5-14)21(2,19)20/h4-7,13,17-18H,3,8-12H2,1-2H3. The quantitative estimate of drug-likeness (QED) is 0.877. The molecule has 0 aromatic heterocycles. The predicted octanol–water partition coefficient (Wildman–Crippen LogP) is 2.83. The van der Waals surface area contributed by atoms with Gasteiger partial charge in [0, 0.05) is 18.5 Å². The monoisotopic (exact) mass is 311 g/mol. The van der Waals surface area contributed by atoms with Crippen molar-refractivity contribution in [1.82, 2.24) is 0 Å². The predicted molar refractivity (Wildman–Crippen MR) is 85.2 cm³/mol. The Kier molecular flexibility index (Phi) is 4.94. The van der Waals surface area contributed by atoms with Gasteiger partial charge in [0.05, 0.1) is 10.5 Å². The second-order valence-electron chi connectivity index (χ2n) is 6.23. The Balaban J connectivity index is 1.91. The van der Waals surface area contributed by atoms with Crippen molar-refractivity contribution in [3.63, 3.8) is 0 Å². The molecular weight excluding hydrogens is 286 g/mol. The van der Waals surface area contributed by atoms with E-state index in [0.29, 0.717) is 11.4 Å². The van der Waals surface area contributed by atoms with Gasteiger partial charge in [0.2, 0.25) is 0 Å². The summed E-state index contributed by atoms with van der Waals surface area (Å²) in [5, 5.41) is 13.8. The molecule has 1 aliphatic rings. The summed E-state index contributed by atoms with van der Waals surface area (Å²) in [7, 11) is -3.15. The Morgan fingerprint density at radius 2 is 1.81 bits per heavy atom. The summed E-state index contributed by atoms with van der Waals surface area (Å²) in [5.41, 5.74) is 0.203. The van der Waals surface area contributed by atoms with Crippen LogP contribution in [0.5, 0.6) is 0 Å². The molecule has 1 aliphatic carbocycles. The number of rotatable bonds is 5. The third-order valence-electron chi connectivity index (χ3n) is 4.52. The highest BCUT2D eigenvalue weighted by Gasteiger charge is 2.32. The molecule has 1 aromatic carbocycles. The Labute approximate surface area is 127 Å². The van der Waals surface area contributed by atoms with Crippen LogP contribution in [0.2, 0.25) is 0 Å². The normalized spacial score (nSPS) is 26.5. The van der Waals surface area contributed by atoms with Crippen molar-refractivity contribution < 1.29 is 13.5 Å². The van der Waals surface area contributed by atoms with E-state index >= 15 is 0 Å². The molecule has 0 bridgehead atoms. The van der Waals surface area contributed by atoms with Crippen molar-refractivity contribution in [3.8, 4) is 0 Å². The minimum Gasteiger partial charge on any atom is -0.388 e. The van der Waals surface area contributed by atoms with Crippen LogP contribution in [0.25, 0.3) is 0 Å². The first-order valence-electron chi connectivity index (χ1n) is 7.59. The highest BCUT2D eigenvalue weighted by Crippen LogP contribution is 2.33. The molecule has 0 saturated heterocycles. The second kappa shape index (κ2) is 6.36. The molecule has 0 atom stereocenters. The van der Waals surface area contributed by atoms with E-state index < -0.39 is 15.4 Å². The van der Waals surface area contributed by atoms with E-state index in [2.05, 4.69) is 12.2 Å². The van der Waals surface area contributed by atoms with Gasteiger partial charge < -0.3 is 10.4 Å². The van der Waals surface area contributed by atoms with Crippen LogP contribution < -0.4 is 5.32 Å². The van der Waals surface area contributed by atoms with Gasteiger partial charge >= 0.3 is 0 Å². The number of sulfone groups is 1. The SMILES string of the molecule is CCC1CCC(O)(CNc2ccc(S(C)(=O)=O)cc2)CC1. The lowest BCUT2D eigenvalue weighted by atomic mass is 9.78. The first-order valence-corrected chi connectivity index (χ1v) is 9.48. The summed E-state index contributed by atoms with van der Waals surface area (Å²) in [6.07, 6.45) is 6.23. The van der Waals surface area contributed by atoms with Crippen LogP contribution in [-0.4, -0.2) is 31.9 Å². The lowest BCUT2D eigenvalue weighted by Crippen LogP contribution is -2.40. The molecule has 1 saturated carbocycles. The maximum Gasteiger partial charge on any atom is 0.175 e. The fourth-order valence-electron chi connectivity index (χ4n) is 2.89. The van der Waals surface area contributed by atoms with Crippen LogP contribution in [0.15, 0.2) is 29.2 Å². The van der Waals surface area contributed by atoms with Crippen LogP contribution >= 0.6 is 0 Å². The maximum absolute atomic E-state index is 11.4. The zero-order chi connectivity index (χ0) is 15.5. The molecule has 2 N–H and O–H groups in total. The number of hydrogen-bond donors (Lipinski definition) is 2. The molecule has 0 radical (unpaired) electrons. The molecule has 1 fully saturated rings. The molecule has 0 spiro atoms. The molecule has 2 rings (SSSR count). The molecule has 0 heterocycles. The lowest BCUT2D eigenvalue weighted by Gasteiger charge is -2.36. The van der Waals surface area contributed by atoms with Crippen LogP contribution in [0, 0.1) is 5.92 Å². The van der Waals surface area contributed by atoms with Crippen molar-refractivity contribution in [2.24, 2.45) is 5.92 Å². The number of anilines is 1. The molecule has 21 heavy (non-hydrogen) atoms. The molecule has 1 aromatic rings. The van der Waals surface area contributed by atoms with Crippen molar-refractivity contribution >= 4 is 15.5 Å². The summed E-state index contributed by atoms with van der Waals surface area (Å²) < 4.78 is 22.8. The van der Waals surface area contributed by atoms with E-state index in [4.69, 9.17) is 0 Å². The lowest BCUT2D eigenvalue weighted by molar-refractivity contribution is 0.00229. The first kappa shape index (κ1) is 16.3. The highest BCUT2D eigenvalue weighted by molar-refractivity contribution is 7.90. The van der Waals surface area contributed by atoms with Crippen molar-refractivity contribution in [1.29, 1.82) is 0 Å². The summed E-state index contributed by atoms with van der Waals surface area (Å²) in [5.74, 6) is 0.749. The van der Waals surface area contributed by atoms with E-state index in [1.54, 1.807) is 24.3 Å². The largest absolute Gasteiger partial charge is 0.388 e. The van der Waals surface area contributed by atoms with Crippen LogP contribution in [0.3, 0.4) is 0 Å². The van der Waals surface area contributed by atoms with Crippen LogP contribution in [0.4, 0.5) is 5.69 Å². The number of hydrogen-bond acceptors (Lipinski definition) is 4. The van der Waals surface area contributed by atoms with E-state index in [1.807, 2.05) is 0 Å². The molecular formula is C16H25NO3S. The van der Waals surface area contributed by atoms with Crippen LogP contribution in [0.1, 0.15) is 39.0 Å². The molecule has 0 unspecified atom stereocenters. The van der Waals surface area contributed by atoms with Gasteiger partial charge in [-0.15, -0.1) is 0 Å². The van der Waals surface area contributed by atoms with Crippen molar-refractivity contribution in [2.45, 2.75) is 49.5 Å². The molecule has 118 valence electrons. The summed E-state index contributed by atoms with van der Waals surface area (Å²) in [6, 6.07) is 6.68. The smallest absolute Gasteiger partial charge is 0.175 e. The van der Waals surface area contributed by atoms with Gasteiger partial charge in [-0.05, 0) is 55.9 Å². The van der Waals surface area contributed by atoms with Gasteiger partial charge in [0.1, 0.15) is 0 Å². The second-order valence-corrected chi connectivity index (χ2v) is 8.24. The summed E-state index contributed by atoms with van der Waals surface area (Å²) in [6.45, 7) is 2.72. The summed E-state index contributed by atoms with van der Waals surface area (Å²) in [4.78, 5) is 0.315. The Morgan fingerprint density at radius 3 is 2.29 bits per heavy atom. The number of benzene rings is 1. The van der Waals surface area contributed by atoms with Gasteiger partial charge in [-0.2, -0.15) is 0 Å². The minimum atomic E-state index is -3.15. The van der Waals surface area contributed by atoms with Gasteiger partial charge in [-0.1, -0.05) is 13.3 Å². The zero-order valence-electron chi connectivity index (χ0n) is 12.8. The average molecular weight is 311 g/mol. The Bertz CT molecular complexity index is 558. The van der Waals surface area contributed by atoms with Crippen molar-refractivity contribution in [3.05, 3.63) is 24.3 Å². The fourth-order valence-corrected chi connectivity index (χ4v) is 3.52. The van der Waals surface area contributed by atoms with Crippen LogP contribution in [-0.2, 0) is 9.84 Å².